The van der Waals surface area contributed by atoms with Gasteiger partial charge in [-0.2, -0.15) is 0 Å². The predicted octanol–water partition coefficient (Wildman–Crippen LogP) is 4.29. The summed E-state index contributed by atoms with van der Waals surface area (Å²) < 4.78 is 5.48. The highest BCUT2D eigenvalue weighted by Gasteiger charge is 2.28. The molecule has 0 spiro atoms. The molecule has 1 aromatic heterocycles. The van der Waals surface area contributed by atoms with Gasteiger partial charge in [0.2, 0.25) is 0 Å². The van der Waals surface area contributed by atoms with Crippen molar-refractivity contribution in [2.75, 3.05) is 19.5 Å². The van der Waals surface area contributed by atoms with Crippen LogP contribution >= 0.6 is 23.1 Å². The molecule has 3 rings (SSSR count). The Balaban J connectivity index is 1.88. The maximum absolute atomic E-state index is 13.2. The summed E-state index contributed by atoms with van der Waals surface area (Å²) in [5.74, 6) is 0.134. The molecule has 0 bridgehead atoms. The largest absolute Gasteiger partial charge is 0.381 e. The first-order valence-corrected chi connectivity index (χ1v) is 9.94. The minimum Gasteiger partial charge on any atom is -0.381 e. The molecule has 0 atom stereocenters. The number of carbonyl (C=O) groups is 1. The summed E-state index contributed by atoms with van der Waals surface area (Å²) >= 11 is 3.33. The number of benzene rings is 1. The van der Waals surface area contributed by atoms with Gasteiger partial charge in [-0.1, -0.05) is 18.2 Å². The first kappa shape index (κ1) is 16.6. The van der Waals surface area contributed by atoms with Crippen molar-refractivity contribution < 1.29 is 9.53 Å². The van der Waals surface area contributed by atoms with E-state index in [4.69, 9.17) is 4.74 Å². The molecule has 1 amide bonds. The molecule has 5 heteroatoms. The standard InChI is InChI=1S/C18H21NO2S2/c1-22-17-7-3-2-6-16(17)18(20)19(13-15-5-4-12-23-15)14-8-10-21-11-9-14/h2-7,12,14H,8-11,13H2,1H3. The van der Waals surface area contributed by atoms with E-state index >= 15 is 0 Å². The van der Waals surface area contributed by atoms with Gasteiger partial charge in [0.05, 0.1) is 12.1 Å². The van der Waals surface area contributed by atoms with E-state index in [1.807, 2.05) is 41.5 Å². The van der Waals surface area contributed by atoms with E-state index in [2.05, 4.69) is 11.4 Å². The Labute approximate surface area is 145 Å². The molecule has 0 aliphatic carbocycles. The summed E-state index contributed by atoms with van der Waals surface area (Å²) in [5.41, 5.74) is 0.808. The van der Waals surface area contributed by atoms with E-state index in [-0.39, 0.29) is 11.9 Å². The lowest BCUT2D eigenvalue weighted by Gasteiger charge is -2.34. The first-order chi connectivity index (χ1) is 11.3. The highest BCUT2D eigenvalue weighted by atomic mass is 32.2. The molecule has 23 heavy (non-hydrogen) atoms. The average Bonchev–Trinajstić information content (AvgIpc) is 3.13. The molecule has 0 saturated carbocycles. The molecule has 1 fully saturated rings. The zero-order valence-electron chi connectivity index (χ0n) is 13.2. The Morgan fingerprint density at radius 2 is 2.04 bits per heavy atom. The van der Waals surface area contributed by atoms with Gasteiger partial charge in [-0.05, 0) is 42.7 Å². The minimum absolute atomic E-state index is 0.134. The zero-order chi connectivity index (χ0) is 16.1. The molecular formula is C18H21NO2S2. The molecule has 122 valence electrons. The maximum atomic E-state index is 13.2. The quantitative estimate of drug-likeness (QED) is 0.756. The van der Waals surface area contributed by atoms with E-state index in [0.29, 0.717) is 6.54 Å². The summed E-state index contributed by atoms with van der Waals surface area (Å²) in [7, 11) is 0. The molecule has 3 nitrogen and oxygen atoms in total. The predicted molar refractivity (Wildman–Crippen MR) is 96.3 cm³/mol. The molecule has 1 saturated heterocycles. The van der Waals surface area contributed by atoms with Crippen molar-refractivity contribution in [3.63, 3.8) is 0 Å². The van der Waals surface area contributed by atoms with Crippen molar-refractivity contribution in [1.82, 2.24) is 4.90 Å². The first-order valence-electron chi connectivity index (χ1n) is 7.83. The highest BCUT2D eigenvalue weighted by molar-refractivity contribution is 7.98. The molecular weight excluding hydrogens is 326 g/mol. The van der Waals surface area contributed by atoms with Crippen LogP contribution in [0.2, 0.25) is 0 Å². The van der Waals surface area contributed by atoms with Gasteiger partial charge in [0.15, 0.2) is 0 Å². The second-order valence-corrected chi connectivity index (χ2v) is 7.44. The van der Waals surface area contributed by atoms with E-state index < -0.39 is 0 Å². The second-order valence-electron chi connectivity index (χ2n) is 5.56. The Morgan fingerprint density at radius 3 is 2.74 bits per heavy atom. The van der Waals surface area contributed by atoms with E-state index in [9.17, 15) is 4.79 Å². The summed E-state index contributed by atoms with van der Waals surface area (Å²) in [6.07, 6.45) is 3.85. The third kappa shape index (κ3) is 3.97. The van der Waals surface area contributed by atoms with Crippen LogP contribution in [-0.4, -0.2) is 36.3 Å². The van der Waals surface area contributed by atoms with Crippen LogP contribution in [0.1, 0.15) is 28.1 Å². The number of thioether (sulfide) groups is 1. The number of ether oxygens (including phenoxy) is 1. The van der Waals surface area contributed by atoms with Crippen molar-refractivity contribution in [2.45, 2.75) is 30.3 Å². The third-order valence-electron chi connectivity index (χ3n) is 4.14. The van der Waals surface area contributed by atoms with Crippen molar-refractivity contribution in [2.24, 2.45) is 0 Å². The number of thiophene rings is 1. The van der Waals surface area contributed by atoms with Gasteiger partial charge in [0.1, 0.15) is 0 Å². The van der Waals surface area contributed by atoms with Crippen molar-refractivity contribution in [3.8, 4) is 0 Å². The molecule has 1 aromatic carbocycles. The van der Waals surface area contributed by atoms with Gasteiger partial charge in [-0.3, -0.25) is 4.79 Å². The molecule has 0 N–H and O–H groups in total. The number of amides is 1. The van der Waals surface area contributed by atoms with Crippen LogP contribution in [0.25, 0.3) is 0 Å². The number of nitrogens with zero attached hydrogens (tertiary/aromatic N) is 1. The Kier molecular flexibility index (Phi) is 5.75. The fourth-order valence-corrected chi connectivity index (χ4v) is 4.20. The zero-order valence-corrected chi connectivity index (χ0v) is 14.9. The Bertz CT molecular complexity index is 636. The fourth-order valence-electron chi connectivity index (χ4n) is 2.91. The lowest BCUT2D eigenvalue weighted by atomic mass is 10.0. The summed E-state index contributed by atoms with van der Waals surface area (Å²) in [6, 6.07) is 12.3. The normalized spacial score (nSPS) is 15.5. The lowest BCUT2D eigenvalue weighted by Crippen LogP contribution is -2.43. The van der Waals surface area contributed by atoms with E-state index in [0.717, 1.165) is 36.5 Å². The summed E-state index contributed by atoms with van der Waals surface area (Å²) in [4.78, 5) is 17.5. The second kappa shape index (κ2) is 7.99. The fraction of sp³-hybridized carbons (Fsp3) is 0.389. The number of hydrogen-bond donors (Lipinski definition) is 0. The van der Waals surface area contributed by atoms with Gasteiger partial charge in [-0.25, -0.2) is 0 Å². The summed E-state index contributed by atoms with van der Waals surface area (Å²) in [6.45, 7) is 2.16. The Hall–Kier alpha value is -1.30. The van der Waals surface area contributed by atoms with Crippen LogP contribution in [0.3, 0.4) is 0 Å². The number of hydrogen-bond acceptors (Lipinski definition) is 4. The molecule has 2 aromatic rings. The van der Waals surface area contributed by atoms with Crippen LogP contribution in [0.4, 0.5) is 0 Å². The average molecular weight is 348 g/mol. The van der Waals surface area contributed by atoms with Crippen LogP contribution in [0.15, 0.2) is 46.7 Å². The molecule has 0 unspecified atom stereocenters. The topological polar surface area (TPSA) is 29.5 Å². The summed E-state index contributed by atoms with van der Waals surface area (Å²) in [5, 5.41) is 2.07. The number of carbonyl (C=O) groups excluding carboxylic acids is 1. The van der Waals surface area contributed by atoms with E-state index in [1.54, 1.807) is 23.1 Å². The minimum atomic E-state index is 0.134. The Morgan fingerprint density at radius 1 is 1.26 bits per heavy atom. The van der Waals surface area contributed by atoms with Gasteiger partial charge in [-0.15, -0.1) is 23.1 Å². The third-order valence-corrected chi connectivity index (χ3v) is 5.79. The smallest absolute Gasteiger partial charge is 0.255 e. The van der Waals surface area contributed by atoms with Crippen molar-refractivity contribution in [3.05, 3.63) is 52.2 Å². The molecule has 0 radical (unpaired) electrons. The van der Waals surface area contributed by atoms with Gasteiger partial charge < -0.3 is 9.64 Å². The lowest BCUT2D eigenvalue weighted by molar-refractivity contribution is 0.0268. The van der Waals surface area contributed by atoms with Gasteiger partial charge >= 0.3 is 0 Å². The number of rotatable bonds is 5. The monoisotopic (exact) mass is 347 g/mol. The SMILES string of the molecule is CSc1ccccc1C(=O)N(Cc1cccs1)C1CCOCC1. The van der Waals surface area contributed by atoms with Crippen LogP contribution in [0, 0.1) is 0 Å². The van der Waals surface area contributed by atoms with Crippen LogP contribution in [0.5, 0.6) is 0 Å². The van der Waals surface area contributed by atoms with Crippen LogP contribution < -0.4 is 0 Å². The van der Waals surface area contributed by atoms with E-state index in [1.165, 1.54) is 4.88 Å². The van der Waals surface area contributed by atoms with Gasteiger partial charge in [0.25, 0.3) is 5.91 Å². The maximum Gasteiger partial charge on any atom is 0.255 e. The molecule has 1 aliphatic rings. The molecule has 1 aliphatic heterocycles. The van der Waals surface area contributed by atoms with Crippen molar-refractivity contribution in [1.29, 1.82) is 0 Å². The highest BCUT2D eigenvalue weighted by Crippen LogP contribution is 2.26. The van der Waals surface area contributed by atoms with Crippen LogP contribution in [-0.2, 0) is 11.3 Å². The van der Waals surface area contributed by atoms with Crippen molar-refractivity contribution >= 4 is 29.0 Å². The molecule has 2 heterocycles. The van der Waals surface area contributed by atoms with Gasteiger partial charge in [0, 0.05) is 29.0 Å².